The van der Waals surface area contributed by atoms with E-state index in [0.717, 1.165) is 53.9 Å². The van der Waals surface area contributed by atoms with Crippen LogP contribution in [-0.4, -0.2) is 33.3 Å². The van der Waals surface area contributed by atoms with Crippen molar-refractivity contribution in [3.05, 3.63) is 120 Å². The lowest BCUT2D eigenvalue weighted by molar-refractivity contribution is 0.00578. The number of halogens is 1. The lowest BCUT2D eigenvalue weighted by Crippen LogP contribution is -2.41. The van der Waals surface area contributed by atoms with Crippen LogP contribution < -0.4 is 5.59 Å². The molecule has 5 nitrogen and oxygen atoms in total. The molecule has 4 aromatic carbocycles. The van der Waals surface area contributed by atoms with Crippen LogP contribution in [0.3, 0.4) is 0 Å². The van der Waals surface area contributed by atoms with Crippen LogP contribution in [0.1, 0.15) is 27.7 Å². The third kappa shape index (κ3) is 5.15. The van der Waals surface area contributed by atoms with Crippen LogP contribution in [0.5, 0.6) is 0 Å². The van der Waals surface area contributed by atoms with Crippen molar-refractivity contribution in [1.29, 1.82) is 0 Å². The smallest absolute Gasteiger partial charge is 0.398 e. The minimum absolute atomic E-state index is 0.385. The molecule has 7 aromatic rings. The van der Waals surface area contributed by atoms with Crippen LogP contribution in [-0.2, 0) is 9.31 Å². The molecule has 0 amide bonds. The fourth-order valence-electron chi connectivity index (χ4n) is 5.63. The molecule has 8 rings (SSSR count). The Morgan fingerprint density at radius 2 is 1.20 bits per heavy atom. The van der Waals surface area contributed by atoms with Crippen molar-refractivity contribution in [1.82, 2.24) is 15.0 Å². The Labute approximate surface area is 265 Å². The summed E-state index contributed by atoms with van der Waals surface area (Å²) in [4.78, 5) is 14.0. The van der Waals surface area contributed by atoms with E-state index in [1.165, 1.54) is 10.8 Å². The van der Waals surface area contributed by atoms with Gasteiger partial charge in [-0.3, -0.25) is 15.0 Å². The van der Waals surface area contributed by atoms with Gasteiger partial charge in [0.2, 0.25) is 0 Å². The number of rotatable bonds is 2. The van der Waals surface area contributed by atoms with E-state index in [1.807, 2.05) is 54.9 Å². The lowest BCUT2D eigenvalue weighted by atomic mass is 9.83. The largest absolute Gasteiger partial charge is 0.514 e. The first-order valence-electron chi connectivity index (χ1n) is 14.7. The molecule has 3 aromatic heterocycles. The zero-order valence-electron chi connectivity index (χ0n) is 25.1. The summed E-state index contributed by atoms with van der Waals surface area (Å²) in [7, 11) is -0.470. The number of benzene rings is 4. The van der Waals surface area contributed by atoms with Crippen molar-refractivity contribution in [2.24, 2.45) is 0 Å². The summed E-state index contributed by atoms with van der Waals surface area (Å²) >= 11 is 3.48. The maximum absolute atomic E-state index is 6.20. The Kier molecular flexibility index (Phi) is 7.20. The molecule has 0 unspecified atom stereocenters. The summed E-state index contributed by atoms with van der Waals surface area (Å²) in [5.74, 6) is 0. The maximum atomic E-state index is 6.20. The average Bonchev–Trinajstić information content (AvgIpc) is 3.27. The summed E-state index contributed by atoms with van der Waals surface area (Å²) in [5.41, 5.74) is 4.16. The van der Waals surface area contributed by atoms with Crippen LogP contribution in [0.25, 0.3) is 54.6 Å². The molecular formula is C37H31BBrN3O2. The van der Waals surface area contributed by atoms with Crippen LogP contribution in [0, 0.1) is 0 Å². The van der Waals surface area contributed by atoms with Gasteiger partial charge in [0.25, 0.3) is 0 Å². The molecule has 0 bridgehead atoms. The average molecular weight is 640 g/mol. The summed E-state index contributed by atoms with van der Waals surface area (Å²) in [6.45, 7) is 8.23. The molecular weight excluding hydrogens is 609 g/mol. The van der Waals surface area contributed by atoms with Gasteiger partial charge in [-0.2, -0.15) is 0 Å². The van der Waals surface area contributed by atoms with Gasteiger partial charge < -0.3 is 9.31 Å². The third-order valence-corrected chi connectivity index (χ3v) is 9.20. The highest BCUT2D eigenvalue weighted by Gasteiger charge is 2.52. The van der Waals surface area contributed by atoms with E-state index < -0.39 is 7.12 Å². The molecule has 1 aliphatic heterocycles. The summed E-state index contributed by atoms with van der Waals surface area (Å²) in [5, 5.41) is 6.88. The zero-order chi connectivity index (χ0) is 30.5. The highest BCUT2D eigenvalue weighted by Crippen LogP contribution is 2.37. The predicted octanol–water partition coefficient (Wildman–Crippen LogP) is 8.90. The van der Waals surface area contributed by atoms with E-state index in [-0.39, 0.29) is 11.2 Å². The van der Waals surface area contributed by atoms with Gasteiger partial charge in [-0.05, 0) is 80.9 Å². The molecule has 7 heteroatoms. The number of hydrogen-bond acceptors (Lipinski definition) is 5. The van der Waals surface area contributed by atoms with Crippen molar-refractivity contribution in [3.8, 4) is 11.3 Å². The second-order valence-corrected chi connectivity index (χ2v) is 13.0. The van der Waals surface area contributed by atoms with E-state index in [0.29, 0.717) is 0 Å². The number of aromatic nitrogens is 3. The maximum Gasteiger partial charge on any atom is 0.514 e. The molecule has 4 heterocycles. The fourth-order valence-corrected chi connectivity index (χ4v) is 6.01. The molecule has 0 saturated carbocycles. The Morgan fingerprint density at radius 1 is 0.591 bits per heavy atom. The van der Waals surface area contributed by atoms with Gasteiger partial charge in [-0.25, -0.2) is 0 Å². The number of hydrogen-bond donors (Lipinski definition) is 0. The van der Waals surface area contributed by atoms with E-state index in [9.17, 15) is 0 Å². The van der Waals surface area contributed by atoms with Crippen molar-refractivity contribution >= 4 is 72.0 Å². The van der Waals surface area contributed by atoms with Gasteiger partial charge in [-0.15, -0.1) is 0 Å². The Hall–Kier alpha value is -4.17. The van der Waals surface area contributed by atoms with Crippen LogP contribution in [0.15, 0.2) is 120 Å². The topological polar surface area (TPSA) is 57.1 Å². The van der Waals surface area contributed by atoms with E-state index >= 15 is 0 Å². The van der Waals surface area contributed by atoms with Crippen molar-refractivity contribution in [2.45, 2.75) is 38.9 Å². The van der Waals surface area contributed by atoms with Crippen molar-refractivity contribution < 1.29 is 9.31 Å². The Balaban J connectivity index is 0.000000158. The molecule has 0 N–H and O–H groups in total. The first kappa shape index (κ1) is 28.6. The number of fused-ring (bicyclic) bond motifs is 7. The van der Waals surface area contributed by atoms with Gasteiger partial charge >= 0.3 is 7.12 Å². The number of pyridine rings is 3. The highest BCUT2D eigenvalue weighted by atomic mass is 79.9. The summed E-state index contributed by atoms with van der Waals surface area (Å²) < 4.78 is 13.5. The third-order valence-electron chi connectivity index (χ3n) is 8.71. The summed E-state index contributed by atoms with van der Waals surface area (Å²) in [6.07, 6.45) is 3.66. The second-order valence-electron chi connectivity index (χ2n) is 12.1. The number of nitrogens with zero attached hydrogens (tertiary/aromatic N) is 3. The Morgan fingerprint density at radius 3 is 1.93 bits per heavy atom. The molecule has 216 valence electrons. The molecule has 1 aliphatic rings. The standard InChI is InChI=1S/C22H21BN2O2.C15H10BrN/c1-21(2)22(3,4)27-23(26-21)18-12-11-17-15-10-7-13-24-19(15)14-8-5-6-9-16(14)20(17)25-18;16-14-7-6-11-9-13(5-4-12(11)10-14)15-3-1-2-8-17-15/h5-13H,1-4H3;1-10H. The molecule has 0 atom stereocenters. The van der Waals surface area contributed by atoms with Crippen LogP contribution >= 0.6 is 15.9 Å². The zero-order valence-corrected chi connectivity index (χ0v) is 26.7. The normalized spacial score (nSPS) is 15.5. The molecule has 1 fully saturated rings. The van der Waals surface area contributed by atoms with Gasteiger partial charge in [0.15, 0.2) is 0 Å². The van der Waals surface area contributed by atoms with Gasteiger partial charge in [0.05, 0.1) is 33.5 Å². The van der Waals surface area contributed by atoms with Crippen molar-refractivity contribution in [3.63, 3.8) is 0 Å². The van der Waals surface area contributed by atoms with Crippen LogP contribution in [0.4, 0.5) is 0 Å². The van der Waals surface area contributed by atoms with Crippen molar-refractivity contribution in [2.75, 3.05) is 0 Å². The minimum Gasteiger partial charge on any atom is -0.398 e. The predicted molar refractivity (Wildman–Crippen MR) is 185 cm³/mol. The molecule has 0 radical (unpaired) electrons. The Bertz CT molecular complexity index is 2120. The molecule has 44 heavy (non-hydrogen) atoms. The van der Waals surface area contributed by atoms with Gasteiger partial charge in [0.1, 0.15) is 0 Å². The first-order chi connectivity index (χ1) is 21.2. The van der Waals surface area contributed by atoms with E-state index in [4.69, 9.17) is 14.3 Å². The second kappa shape index (κ2) is 11.1. The van der Waals surface area contributed by atoms with E-state index in [1.54, 1.807) is 0 Å². The molecule has 0 aliphatic carbocycles. The monoisotopic (exact) mass is 639 g/mol. The lowest BCUT2D eigenvalue weighted by Gasteiger charge is -2.32. The fraction of sp³-hybridized carbons (Fsp3) is 0.162. The summed E-state index contributed by atoms with van der Waals surface area (Å²) in [6, 6.07) is 35.2. The quantitative estimate of drug-likeness (QED) is 0.140. The van der Waals surface area contributed by atoms with Gasteiger partial charge in [0, 0.05) is 44.0 Å². The molecule has 1 saturated heterocycles. The minimum atomic E-state index is -0.470. The van der Waals surface area contributed by atoms with E-state index in [2.05, 4.69) is 114 Å². The first-order valence-corrected chi connectivity index (χ1v) is 15.5. The SMILES string of the molecule is Brc1ccc2cc(-c3ccccn3)ccc2c1.CC1(C)OB(c2ccc3c4cccnc4c4ccccc4c3n2)OC1(C)C. The molecule has 0 spiro atoms. The highest BCUT2D eigenvalue weighted by molar-refractivity contribution is 9.10. The van der Waals surface area contributed by atoms with Crippen LogP contribution in [0.2, 0.25) is 0 Å². The van der Waals surface area contributed by atoms with Gasteiger partial charge in [-0.1, -0.05) is 76.6 Å².